The second-order valence-electron chi connectivity index (χ2n) is 6.13. The average Bonchev–Trinajstić information content (AvgIpc) is 2.65. The van der Waals surface area contributed by atoms with Crippen molar-refractivity contribution in [3.63, 3.8) is 0 Å². The van der Waals surface area contributed by atoms with Crippen LogP contribution in [0.1, 0.15) is 18.1 Å². The number of hydrogen-bond donors (Lipinski definition) is 0. The second kappa shape index (κ2) is 7.63. The van der Waals surface area contributed by atoms with E-state index in [0.717, 1.165) is 5.56 Å². The maximum Gasteiger partial charge on any atom is 0.284 e. The van der Waals surface area contributed by atoms with E-state index in [2.05, 4.69) is 9.39 Å². The molecule has 0 N–H and O–H groups in total. The first-order valence-electron chi connectivity index (χ1n) is 8.32. The van der Waals surface area contributed by atoms with Crippen LogP contribution in [0.4, 0.5) is 0 Å². The number of carbonyl (C=O) groups is 1. The third kappa shape index (κ3) is 4.54. The number of nitrogens with zero attached hydrogens (tertiary/aromatic N) is 2. The van der Waals surface area contributed by atoms with Gasteiger partial charge in [-0.05, 0) is 49.8 Å². The molecule has 0 fully saturated rings. The minimum absolute atomic E-state index is 0.0641. The van der Waals surface area contributed by atoms with Gasteiger partial charge in [-0.1, -0.05) is 48.0 Å². The SMILES string of the molecule is CC1=CC(=NC(=NS(=O)(=O)c2ccc(C)cc2)c2ccccc2)C=CC1=O. The predicted molar refractivity (Wildman–Crippen MR) is 107 cm³/mol. The average molecular weight is 378 g/mol. The molecule has 0 unspecified atom stereocenters. The summed E-state index contributed by atoms with van der Waals surface area (Å²) < 4.78 is 29.5. The van der Waals surface area contributed by atoms with Crippen molar-refractivity contribution in [3.05, 3.63) is 89.5 Å². The molecule has 6 heteroatoms. The summed E-state index contributed by atoms with van der Waals surface area (Å²) in [6, 6.07) is 15.3. The minimum Gasteiger partial charge on any atom is -0.290 e. The summed E-state index contributed by atoms with van der Waals surface area (Å²) >= 11 is 0. The van der Waals surface area contributed by atoms with Gasteiger partial charge in [0.25, 0.3) is 10.0 Å². The van der Waals surface area contributed by atoms with Crippen LogP contribution in [-0.4, -0.2) is 25.7 Å². The molecule has 0 heterocycles. The standard InChI is InChI=1S/C21H18N2O3S/c1-15-8-11-19(12-9-15)27(25,26)23-21(17-6-4-3-5-7-17)22-18-10-13-20(24)16(2)14-18/h3-14H,1-2H3. The molecule has 0 aromatic heterocycles. The van der Waals surface area contributed by atoms with Crippen LogP contribution in [0.15, 0.2) is 92.7 Å². The van der Waals surface area contributed by atoms with Crippen LogP contribution in [0.25, 0.3) is 0 Å². The molecule has 0 radical (unpaired) electrons. The molecular weight excluding hydrogens is 360 g/mol. The van der Waals surface area contributed by atoms with Gasteiger partial charge in [-0.3, -0.25) is 4.79 Å². The van der Waals surface area contributed by atoms with Crippen LogP contribution < -0.4 is 0 Å². The molecular formula is C21H18N2O3S. The van der Waals surface area contributed by atoms with Crippen LogP contribution >= 0.6 is 0 Å². The van der Waals surface area contributed by atoms with Crippen LogP contribution in [0.5, 0.6) is 0 Å². The van der Waals surface area contributed by atoms with Crippen molar-refractivity contribution < 1.29 is 13.2 Å². The molecule has 0 amide bonds. The third-order valence-corrected chi connectivity index (χ3v) is 5.23. The Kier molecular flexibility index (Phi) is 5.28. The summed E-state index contributed by atoms with van der Waals surface area (Å²) in [6.45, 7) is 3.57. The van der Waals surface area contributed by atoms with Crippen LogP contribution in [0.2, 0.25) is 0 Å². The lowest BCUT2D eigenvalue weighted by Crippen LogP contribution is -2.10. The van der Waals surface area contributed by atoms with E-state index in [-0.39, 0.29) is 16.5 Å². The molecule has 0 saturated carbocycles. The summed E-state index contributed by atoms with van der Waals surface area (Å²) in [6.07, 6.45) is 4.57. The number of aryl methyl sites for hydroxylation is 1. The highest BCUT2D eigenvalue weighted by atomic mass is 32.2. The fraction of sp³-hybridized carbons (Fsp3) is 0.0952. The normalized spacial score (nSPS) is 16.5. The van der Waals surface area contributed by atoms with E-state index < -0.39 is 10.0 Å². The first-order chi connectivity index (χ1) is 12.8. The van der Waals surface area contributed by atoms with Crippen molar-refractivity contribution >= 4 is 27.4 Å². The monoisotopic (exact) mass is 378 g/mol. The summed E-state index contributed by atoms with van der Waals surface area (Å²) in [7, 11) is -3.93. The molecule has 1 aliphatic rings. The summed E-state index contributed by atoms with van der Waals surface area (Å²) in [5.41, 5.74) is 2.52. The van der Waals surface area contributed by atoms with Crippen molar-refractivity contribution in [2.24, 2.45) is 9.39 Å². The quantitative estimate of drug-likeness (QED) is 0.465. The van der Waals surface area contributed by atoms with Gasteiger partial charge in [0, 0.05) is 5.56 Å². The Balaban J connectivity index is 2.11. The number of hydrogen-bond acceptors (Lipinski definition) is 3. The van der Waals surface area contributed by atoms with Crippen LogP contribution in [0.3, 0.4) is 0 Å². The first kappa shape index (κ1) is 18.7. The highest BCUT2D eigenvalue weighted by Gasteiger charge is 2.16. The number of rotatable bonds is 3. The van der Waals surface area contributed by atoms with Gasteiger partial charge in [-0.2, -0.15) is 8.42 Å². The Morgan fingerprint density at radius 2 is 1.56 bits per heavy atom. The van der Waals surface area contributed by atoms with Gasteiger partial charge in [0.2, 0.25) is 0 Å². The smallest absolute Gasteiger partial charge is 0.284 e. The highest BCUT2D eigenvalue weighted by Crippen LogP contribution is 2.16. The number of sulfonamides is 1. The molecule has 0 spiro atoms. The molecule has 0 aliphatic heterocycles. The van der Waals surface area contributed by atoms with E-state index in [9.17, 15) is 13.2 Å². The van der Waals surface area contributed by atoms with E-state index in [0.29, 0.717) is 16.8 Å². The Bertz CT molecular complexity index is 1090. The molecule has 3 rings (SSSR count). The summed E-state index contributed by atoms with van der Waals surface area (Å²) in [5.74, 6) is -0.0337. The van der Waals surface area contributed by atoms with E-state index >= 15 is 0 Å². The Morgan fingerprint density at radius 3 is 2.19 bits per heavy atom. The Labute approximate surface area is 158 Å². The molecule has 0 atom stereocenters. The highest BCUT2D eigenvalue weighted by molar-refractivity contribution is 7.90. The van der Waals surface area contributed by atoms with Crippen LogP contribution in [0, 0.1) is 6.92 Å². The summed E-state index contributed by atoms with van der Waals surface area (Å²) in [4.78, 5) is 16.1. The van der Waals surface area contributed by atoms with Crippen molar-refractivity contribution in [3.8, 4) is 0 Å². The number of aliphatic imine (C=N–C) groups is 1. The molecule has 1 aliphatic carbocycles. The first-order valence-corrected chi connectivity index (χ1v) is 9.76. The maximum absolute atomic E-state index is 12.7. The number of ketones is 1. The number of amidine groups is 1. The fourth-order valence-corrected chi connectivity index (χ4v) is 3.39. The lowest BCUT2D eigenvalue weighted by atomic mass is 10.1. The number of carbonyl (C=O) groups excluding carboxylic acids is 1. The Hall–Kier alpha value is -3.12. The van der Waals surface area contributed by atoms with Gasteiger partial charge >= 0.3 is 0 Å². The molecule has 2 aromatic carbocycles. The fourth-order valence-electron chi connectivity index (χ4n) is 2.43. The largest absolute Gasteiger partial charge is 0.290 e. The lowest BCUT2D eigenvalue weighted by Gasteiger charge is -2.07. The maximum atomic E-state index is 12.7. The second-order valence-corrected chi connectivity index (χ2v) is 7.73. The zero-order valence-corrected chi connectivity index (χ0v) is 15.8. The van der Waals surface area contributed by atoms with E-state index in [1.54, 1.807) is 55.5 Å². The third-order valence-electron chi connectivity index (χ3n) is 3.95. The predicted octanol–water partition coefficient (Wildman–Crippen LogP) is 3.66. The molecule has 5 nitrogen and oxygen atoms in total. The summed E-state index contributed by atoms with van der Waals surface area (Å²) in [5, 5.41) is 0. The lowest BCUT2D eigenvalue weighted by molar-refractivity contribution is -0.111. The van der Waals surface area contributed by atoms with Gasteiger partial charge in [0.15, 0.2) is 11.6 Å². The number of benzene rings is 2. The zero-order valence-electron chi connectivity index (χ0n) is 15.0. The van der Waals surface area contributed by atoms with Crippen molar-refractivity contribution in [2.45, 2.75) is 18.7 Å². The minimum atomic E-state index is -3.93. The van der Waals surface area contributed by atoms with E-state index in [1.807, 2.05) is 13.0 Å². The van der Waals surface area contributed by atoms with E-state index in [1.165, 1.54) is 18.2 Å². The van der Waals surface area contributed by atoms with Gasteiger partial charge in [0.05, 0.1) is 10.6 Å². The number of allylic oxidation sites excluding steroid dienone is 4. The van der Waals surface area contributed by atoms with Gasteiger partial charge in [0.1, 0.15) is 0 Å². The van der Waals surface area contributed by atoms with Crippen LogP contribution in [-0.2, 0) is 14.8 Å². The van der Waals surface area contributed by atoms with Crippen molar-refractivity contribution in [2.75, 3.05) is 0 Å². The molecule has 136 valence electrons. The molecule has 2 aromatic rings. The van der Waals surface area contributed by atoms with Gasteiger partial charge in [-0.25, -0.2) is 4.99 Å². The van der Waals surface area contributed by atoms with Crippen molar-refractivity contribution in [1.82, 2.24) is 0 Å². The molecule has 27 heavy (non-hydrogen) atoms. The van der Waals surface area contributed by atoms with Crippen molar-refractivity contribution in [1.29, 1.82) is 0 Å². The Morgan fingerprint density at radius 1 is 0.889 bits per heavy atom. The zero-order chi connectivity index (χ0) is 19.4. The topological polar surface area (TPSA) is 75.9 Å². The van der Waals surface area contributed by atoms with E-state index in [4.69, 9.17) is 0 Å². The van der Waals surface area contributed by atoms with Gasteiger partial charge in [-0.15, -0.1) is 4.40 Å². The molecule has 0 saturated heterocycles. The van der Waals surface area contributed by atoms with Gasteiger partial charge < -0.3 is 0 Å². The molecule has 0 bridgehead atoms.